The Hall–Kier alpha value is -1.90. The molecule has 0 aliphatic heterocycles. The Kier molecular flexibility index (Phi) is 4.49. The second kappa shape index (κ2) is 6.70. The Morgan fingerprint density at radius 3 is 2.43 bits per heavy atom. The largest absolute Gasteiger partial charge is 0.315 e. The van der Waals surface area contributed by atoms with Crippen molar-refractivity contribution in [1.82, 2.24) is 5.32 Å². The van der Waals surface area contributed by atoms with Crippen LogP contribution < -0.4 is 5.32 Å². The third kappa shape index (κ3) is 3.41. The van der Waals surface area contributed by atoms with Crippen LogP contribution >= 0.6 is 11.3 Å². The third-order valence-electron chi connectivity index (χ3n) is 3.53. The van der Waals surface area contributed by atoms with Gasteiger partial charge >= 0.3 is 0 Å². The fourth-order valence-electron chi connectivity index (χ4n) is 2.52. The van der Waals surface area contributed by atoms with Crippen molar-refractivity contribution in [2.45, 2.75) is 13.0 Å². The molecular formula is C19H19NS. The summed E-state index contributed by atoms with van der Waals surface area (Å²) in [5.74, 6) is 0. The number of benzene rings is 2. The Morgan fingerprint density at radius 2 is 1.62 bits per heavy atom. The quantitative estimate of drug-likeness (QED) is 0.717. The predicted molar refractivity (Wildman–Crippen MR) is 91.8 cm³/mol. The molecule has 0 aliphatic rings. The van der Waals surface area contributed by atoms with Crippen LogP contribution in [0.25, 0.3) is 10.4 Å². The highest BCUT2D eigenvalue weighted by atomic mass is 32.1. The molecule has 0 amide bonds. The van der Waals surface area contributed by atoms with E-state index in [1.165, 1.54) is 26.4 Å². The molecule has 0 fully saturated rings. The first-order valence-electron chi connectivity index (χ1n) is 7.22. The molecule has 0 unspecified atom stereocenters. The van der Waals surface area contributed by atoms with Crippen molar-refractivity contribution in [3.8, 4) is 10.4 Å². The van der Waals surface area contributed by atoms with Crippen molar-refractivity contribution in [1.29, 1.82) is 0 Å². The first-order valence-corrected chi connectivity index (χ1v) is 8.04. The smallest absolute Gasteiger partial charge is 0.0349 e. The molecule has 21 heavy (non-hydrogen) atoms. The molecule has 1 nitrogen and oxygen atoms in total. The van der Waals surface area contributed by atoms with Gasteiger partial charge in [-0.2, -0.15) is 0 Å². The van der Waals surface area contributed by atoms with E-state index in [9.17, 15) is 0 Å². The van der Waals surface area contributed by atoms with Crippen LogP contribution in [0.15, 0.2) is 66.7 Å². The fraction of sp³-hybridized carbons (Fsp3) is 0.158. The maximum atomic E-state index is 3.21. The van der Waals surface area contributed by atoms with Gasteiger partial charge in [-0.15, -0.1) is 11.3 Å². The minimum absolute atomic E-state index is 0.936. The van der Waals surface area contributed by atoms with E-state index in [-0.39, 0.29) is 0 Å². The lowest BCUT2D eigenvalue weighted by Crippen LogP contribution is -2.02. The highest BCUT2D eigenvalue weighted by molar-refractivity contribution is 7.15. The van der Waals surface area contributed by atoms with Crippen molar-refractivity contribution < 1.29 is 0 Å². The fourth-order valence-corrected chi connectivity index (χ4v) is 3.60. The second-order valence-corrected chi connectivity index (χ2v) is 6.28. The van der Waals surface area contributed by atoms with Gasteiger partial charge in [-0.05, 0) is 42.3 Å². The molecule has 0 bridgehead atoms. The van der Waals surface area contributed by atoms with Gasteiger partial charge in [0.25, 0.3) is 0 Å². The molecular weight excluding hydrogens is 274 g/mol. The summed E-state index contributed by atoms with van der Waals surface area (Å²) in [5, 5.41) is 3.21. The molecule has 0 aliphatic carbocycles. The molecule has 3 rings (SSSR count). The Bertz CT molecular complexity index is 700. The van der Waals surface area contributed by atoms with Gasteiger partial charge in [0.2, 0.25) is 0 Å². The van der Waals surface area contributed by atoms with Crippen LogP contribution in [0, 0.1) is 0 Å². The average molecular weight is 293 g/mol. The summed E-state index contributed by atoms with van der Waals surface area (Å²) in [6.07, 6.45) is 0.982. The number of rotatable bonds is 5. The topological polar surface area (TPSA) is 12.0 Å². The molecule has 3 aromatic rings. The molecule has 106 valence electrons. The third-order valence-corrected chi connectivity index (χ3v) is 4.65. The molecule has 0 radical (unpaired) electrons. The summed E-state index contributed by atoms with van der Waals surface area (Å²) in [6, 6.07) is 23.8. The molecule has 2 heteroatoms. The highest BCUT2D eigenvalue weighted by Gasteiger charge is 2.08. The van der Waals surface area contributed by atoms with E-state index in [1.807, 2.05) is 18.4 Å². The van der Waals surface area contributed by atoms with Gasteiger partial charge in [-0.1, -0.05) is 54.6 Å². The van der Waals surface area contributed by atoms with Gasteiger partial charge in [-0.25, -0.2) is 0 Å². The molecule has 0 spiro atoms. The zero-order chi connectivity index (χ0) is 14.5. The van der Waals surface area contributed by atoms with E-state index in [2.05, 4.69) is 72.0 Å². The zero-order valence-electron chi connectivity index (χ0n) is 12.2. The maximum absolute atomic E-state index is 3.21. The maximum Gasteiger partial charge on any atom is 0.0349 e. The summed E-state index contributed by atoms with van der Waals surface area (Å²) < 4.78 is 0. The van der Waals surface area contributed by atoms with Crippen molar-refractivity contribution in [3.63, 3.8) is 0 Å². The lowest BCUT2D eigenvalue weighted by Gasteiger charge is -2.08. The van der Waals surface area contributed by atoms with Gasteiger partial charge in [0.1, 0.15) is 0 Å². The number of hydrogen-bond acceptors (Lipinski definition) is 2. The van der Waals surface area contributed by atoms with Crippen molar-refractivity contribution in [2.75, 3.05) is 7.05 Å². The van der Waals surface area contributed by atoms with E-state index in [4.69, 9.17) is 0 Å². The molecule has 1 heterocycles. The van der Waals surface area contributed by atoms with Crippen LogP contribution in [0.5, 0.6) is 0 Å². The van der Waals surface area contributed by atoms with Crippen LogP contribution in [0.3, 0.4) is 0 Å². The van der Waals surface area contributed by atoms with E-state index < -0.39 is 0 Å². The monoisotopic (exact) mass is 293 g/mol. The van der Waals surface area contributed by atoms with E-state index in [0.717, 1.165) is 13.0 Å². The number of thiophene rings is 1. The summed E-state index contributed by atoms with van der Waals surface area (Å²) in [6.45, 7) is 0.936. The van der Waals surface area contributed by atoms with Crippen LogP contribution in [0.1, 0.15) is 16.0 Å². The molecule has 0 saturated carbocycles. The first-order chi connectivity index (χ1) is 10.4. The van der Waals surface area contributed by atoms with Crippen LogP contribution in [-0.2, 0) is 13.0 Å². The SMILES string of the molecule is CNCc1ccc(-c2ccccc2Cc2ccccc2)s1. The molecule has 1 N–H and O–H groups in total. The van der Waals surface area contributed by atoms with E-state index in [0.29, 0.717) is 0 Å². The highest BCUT2D eigenvalue weighted by Crippen LogP contribution is 2.31. The Balaban J connectivity index is 1.91. The second-order valence-electron chi connectivity index (χ2n) is 5.12. The number of hydrogen-bond donors (Lipinski definition) is 1. The van der Waals surface area contributed by atoms with E-state index in [1.54, 1.807) is 0 Å². The van der Waals surface area contributed by atoms with E-state index >= 15 is 0 Å². The number of nitrogens with one attached hydrogen (secondary N) is 1. The molecule has 2 aromatic carbocycles. The summed E-state index contributed by atoms with van der Waals surface area (Å²) in [5.41, 5.74) is 4.10. The Morgan fingerprint density at radius 1 is 0.857 bits per heavy atom. The van der Waals surface area contributed by atoms with Crippen molar-refractivity contribution in [2.24, 2.45) is 0 Å². The van der Waals surface area contributed by atoms with Gasteiger partial charge in [0.15, 0.2) is 0 Å². The van der Waals surface area contributed by atoms with Crippen LogP contribution in [0.2, 0.25) is 0 Å². The van der Waals surface area contributed by atoms with Gasteiger partial charge < -0.3 is 5.32 Å². The van der Waals surface area contributed by atoms with Gasteiger partial charge in [0.05, 0.1) is 0 Å². The summed E-state index contributed by atoms with van der Waals surface area (Å²) in [7, 11) is 1.99. The zero-order valence-corrected chi connectivity index (χ0v) is 13.0. The standard InChI is InChI=1S/C19H19NS/c1-20-14-17-11-12-19(21-17)18-10-6-5-9-16(18)13-15-7-3-2-4-8-15/h2-12,20H,13-14H2,1H3. The average Bonchev–Trinajstić information content (AvgIpc) is 2.98. The minimum Gasteiger partial charge on any atom is -0.315 e. The summed E-state index contributed by atoms with van der Waals surface area (Å²) >= 11 is 1.87. The lowest BCUT2D eigenvalue weighted by atomic mass is 9.99. The van der Waals surface area contributed by atoms with Crippen molar-refractivity contribution in [3.05, 3.63) is 82.7 Å². The van der Waals surface area contributed by atoms with Gasteiger partial charge in [0, 0.05) is 16.3 Å². The Labute approximate surface area is 130 Å². The normalized spacial score (nSPS) is 10.7. The molecule has 1 aromatic heterocycles. The minimum atomic E-state index is 0.936. The van der Waals surface area contributed by atoms with Crippen molar-refractivity contribution >= 4 is 11.3 Å². The summed E-state index contributed by atoms with van der Waals surface area (Å²) in [4.78, 5) is 2.73. The molecule has 0 saturated heterocycles. The van der Waals surface area contributed by atoms with Crippen LogP contribution in [-0.4, -0.2) is 7.05 Å². The van der Waals surface area contributed by atoms with Crippen LogP contribution in [0.4, 0.5) is 0 Å². The van der Waals surface area contributed by atoms with Gasteiger partial charge in [-0.3, -0.25) is 0 Å². The molecule has 0 atom stereocenters. The first kappa shape index (κ1) is 14.1. The lowest BCUT2D eigenvalue weighted by molar-refractivity contribution is 0.831. The predicted octanol–water partition coefficient (Wildman–Crippen LogP) is 4.73.